The Labute approximate surface area is 242 Å². The van der Waals surface area contributed by atoms with Crippen molar-refractivity contribution in [3.05, 3.63) is 35.9 Å². The third-order valence-corrected chi connectivity index (χ3v) is 8.24. The van der Waals surface area contributed by atoms with Gasteiger partial charge in [-0.05, 0) is 42.8 Å². The molecule has 8 nitrogen and oxygen atoms in total. The fraction of sp³-hybridized carbons (Fsp3) is 0.621. The number of morpholine rings is 1. The summed E-state index contributed by atoms with van der Waals surface area (Å²) in [4.78, 5) is 44.3. The van der Waals surface area contributed by atoms with Crippen LogP contribution in [0.3, 0.4) is 0 Å². The van der Waals surface area contributed by atoms with Gasteiger partial charge in [0.05, 0.1) is 25.2 Å². The summed E-state index contributed by atoms with van der Waals surface area (Å²) in [5.74, 6) is -0.0476. The Morgan fingerprint density at radius 3 is 2.36 bits per heavy atom. The van der Waals surface area contributed by atoms with E-state index in [4.69, 9.17) is 32.7 Å². The van der Waals surface area contributed by atoms with Crippen molar-refractivity contribution >= 4 is 46.4 Å². The largest absolute Gasteiger partial charge is 0.427 e. The molecule has 1 aliphatic carbocycles. The van der Waals surface area contributed by atoms with Crippen molar-refractivity contribution in [2.75, 3.05) is 69.1 Å². The number of ketones is 2. The predicted molar refractivity (Wildman–Crippen MR) is 155 cm³/mol. The maximum Gasteiger partial charge on any atom is 0.311 e. The Morgan fingerprint density at radius 1 is 1.15 bits per heavy atom. The van der Waals surface area contributed by atoms with Crippen molar-refractivity contribution < 1.29 is 23.9 Å². The fourth-order valence-corrected chi connectivity index (χ4v) is 6.14. The van der Waals surface area contributed by atoms with Crippen LogP contribution in [0, 0.1) is 11.3 Å². The third kappa shape index (κ3) is 7.41. The Hall–Kier alpha value is -1.97. The van der Waals surface area contributed by atoms with Crippen molar-refractivity contribution in [3.8, 4) is 5.75 Å². The Balaban J connectivity index is 1.76. The minimum absolute atomic E-state index is 0.0554. The molecule has 1 heterocycles. The van der Waals surface area contributed by atoms with E-state index in [0.717, 1.165) is 18.8 Å². The molecule has 0 amide bonds. The number of allylic oxidation sites excluding steroid dienone is 1. The minimum Gasteiger partial charge on any atom is -0.427 e. The molecular weight excluding hydrogens is 541 g/mol. The summed E-state index contributed by atoms with van der Waals surface area (Å²) in [6.07, 6.45) is 1.36. The molecular formula is C29H41Cl2N3O5. The van der Waals surface area contributed by atoms with Gasteiger partial charge in [-0.15, -0.1) is 23.2 Å². The zero-order valence-corrected chi connectivity index (χ0v) is 24.9. The van der Waals surface area contributed by atoms with Gasteiger partial charge in [-0.3, -0.25) is 19.3 Å². The number of halogens is 2. The molecule has 0 bridgehead atoms. The van der Waals surface area contributed by atoms with Crippen molar-refractivity contribution in [1.29, 1.82) is 0 Å². The summed E-state index contributed by atoms with van der Waals surface area (Å²) in [5.41, 5.74) is -0.797. The minimum atomic E-state index is -1.25. The highest BCUT2D eigenvalue weighted by molar-refractivity contribution is 6.18. The van der Waals surface area contributed by atoms with Crippen molar-refractivity contribution in [2.24, 2.45) is 11.3 Å². The van der Waals surface area contributed by atoms with Gasteiger partial charge in [0.2, 0.25) is 0 Å². The monoisotopic (exact) mass is 581 g/mol. The average Bonchev–Trinajstić information content (AvgIpc) is 2.90. The number of nitrogens with zero attached hydrogens (tertiary/aromatic N) is 2. The van der Waals surface area contributed by atoms with E-state index < -0.39 is 22.8 Å². The molecule has 216 valence electrons. The molecule has 0 radical (unpaired) electrons. The van der Waals surface area contributed by atoms with Gasteiger partial charge in [0.15, 0.2) is 11.6 Å². The van der Waals surface area contributed by atoms with Gasteiger partial charge in [-0.2, -0.15) is 0 Å². The second kappa shape index (κ2) is 14.1. The zero-order valence-electron chi connectivity index (χ0n) is 23.4. The van der Waals surface area contributed by atoms with Gasteiger partial charge in [0.25, 0.3) is 0 Å². The van der Waals surface area contributed by atoms with Crippen molar-refractivity contribution in [3.63, 3.8) is 0 Å². The summed E-state index contributed by atoms with van der Waals surface area (Å²) < 4.78 is 11.1. The fourth-order valence-electron chi connectivity index (χ4n) is 5.74. The normalized spacial score (nSPS) is 22.5. The summed E-state index contributed by atoms with van der Waals surface area (Å²) in [6.45, 7) is 12.7. The smallest absolute Gasteiger partial charge is 0.311 e. The number of nitrogens with one attached hydrogen (secondary N) is 1. The average molecular weight is 583 g/mol. The quantitative estimate of drug-likeness (QED) is 0.214. The van der Waals surface area contributed by atoms with Gasteiger partial charge in [0, 0.05) is 68.0 Å². The number of ether oxygens (including phenoxy) is 2. The number of anilines is 1. The number of hydrogen-bond acceptors (Lipinski definition) is 8. The Morgan fingerprint density at radius 2 is 1.77 bits per heavy atom. The van der Waals surface area contributed by atoms with Crippen LogP contribution in [0.15, 0.2) is 35.9 Å². The van der Waals surface area contributed by atoms with E-state index in [1.54, 1.807) is 26.0 Å². The number of rotatable bonds is 13. The number of carbonyl (C=O) groups is 3. The van der Waals surface area contributed by atoms with Crippen molar-refractivity contribution in [2.45, 2.75) is 39.7 Å². The van der Waals surface area contributed by atoms with Crippen LogP contribution in [0.4, 0.5) is 5.69 Å². The highest BCUT2D eigenvalue weighted by atomic mass is 35.5. The highest BCUT2D eigenvalue weighted by Gasteiger charge is 2.58. The summed E-state index contributed by atoms with van der Waals surface area (Å²) in [6, 6.07) is 7.19. The van der Waals surface area contributed by atoms with Crippen LogP contribution >= 0.6 is 23.2 Å². The zero-order chi connectivity index (χ0) is 28.6. The lowest BCUT2D eigenvalue weighted by atomic mass is 9.58. The molecule has 0 saturated carbocycles. The third-order valence-electron chi connectivity index (χ3n) is 7.90. The van der Waals surface area contributed by atoms with Crippen LogP contribution in [0.2, 0.25) is 0 Å². The summed E-state index contributed by atoms with van der Waals surface area (Å²) >= 11 is 11.8. The SMILES string of the molecule is CC1=CC(=O)C(NCCN2CCOCC2)(C(C)(C)CC(=O)Oc2ccc(N(CCCl)CCCl)cc2)C(C)C1=O. The van der Waals surface area contributed by atoms with Crippen LogP contribution in [0.1, 0.15) is 34.1 Å². The van der Waals surface area contributed by atoms with Gasteiger partial charge in [0.1, 0.15) is 5.75 Å². The first-order chi connectivity index (χ1) is 18.6. The maximum atomic E-state index is 13.7. The van der Waals surface area contributed by atoms with Gasteiger partial charge in [-0.1, -0.05) is 20.8 Å². The van der Waals surface area contributed by atoms with E-state index in [-0.39, 0.29) is 18.0 Å². The van der Waals surface area contributed by atoms with E-state index in [1.807, 2.05) is 26.0 Å². The van der Waals surface area contributed by atoms with Crippen LogP contribution in [-0.2, 0) is 19.1 Å². The number of Topliss-reactive ketones (excluding diaryl/α,β-unsaturated/α-hetero) is 1. The number of hydrogen-bond donors (Lipinski definition) is 1. The summed E-state index contributed by atoms with van der Waals surface area (Å²) in [5, 5.41) is 3.45. The standard InChI is InChI=1S/C29H41Cl2N3O5/c1-21-19-25(35)29(22(2)27(21)37,32-11-14-33-15-17-38-18-16-33)28(3,4)20-26(36)39-24-7-5-23(6-8-24)34(12-9-30)13-10-31/h5-8,19,22,32H,9-18,20H2,1-4H3. The van der Waals surface area contributed by atoms with Crippen LogP contribution in [-0.4, -0.2) is 92.2 Å². The molecule has 1 N–H and O–H groups in total. The van der Waals surface area contributed by atoms with E-state index >= 15 is 0 Å². The Bertz CT molecular complexity index is 1030. The molecule has 2 atom stereocenters. The van der Waals surface area contributed by atoms with Crippen LogP contribution in [0.5, 0.6) is 5.75 Å². The topological polar surface area (TPSA) is 88.2 Å². The molecule has 1 aliphatic heterocycles. The molecule has 1 saturated heterocycles. The van der Waals surface area contributed by atoms with Crippen LogP contribution < -0.4 is 15.0 Å². The molecule has 1 aromatic carbocycles. The van der Waals surface area contributed by atoms with Gasteiger partial charge >= 0.3 is 5.97 Å². The van der Waals surface area contributed by atoms with Crippen LogP contribution in [0.25, 0.3) is 0 Å². The van der Waals surface area contributed by atoms with Crippen molar-refractivity contribution in [1.82, 2.24) is 10.2 Å². The molecule has 0 aromatic heterocycles. The first-order valence-corrected chi connectivity index (χ1v) is 14.6. The second-order valence-corrected chi connectivity index (χ2v) is 11.6. The van der Waals surface area contributed by atoms with E-state index in [2.05, 4.69) is 15.1 Å². The number of carbonyl (C=O) groups excluding carboxylic acids is 3. The molecule has 2 unspecified atom stereocenters. The van der Waals surface area contributed by atoms with Gasteiger partial charge < -0.3 is 19.7 Å². The number of alkyl halides is 2. The number of esters is 1. The lowest BCUT2D eigenvalue weighted by Crippen LogP contribution is -2.69. The number of benzene rings is 1. The molecule has 3 rings (SSSR count). The summed E-state index contributed by atoms with van der Waals surface area (Å²) in [7, 11) is 0. The lowest BCUT2D eigenvalue weighted by molar-refractivity contribution is -0.145. The van der Waals surface area contributed by atoms with E-state index in [9.17, 15) is 14.4 Å². The molecule has 10 heteroatoms. The second-order valence-electron chi connectivity index (χ2n) is 10.9. The molecule has 39 heavy (non-hydrogen) atoms. The highest BCUT2D eigenvalue weighted by Crippen LogP contribution is 2.44. The molecule has 1 aromatic rings. The van der Waals surface area contributed by atoms with E-state index in [0.29, 0.717) is 62.5 Å². The lowest BCUT2D eigenvalue weighted by Gasteiger charge is -2.50. The first-order valence-electron chi connectivity index (χ1n) is 13.6. The Kier molecular flexibility index (Phi) is 11.4. The van der Waals surface area contributed by atoms with Gasteiger partial charge in [-0.25, -0.2) is 0 Å². The first kappa shape index (κ1) is 31.6. The molecule has 0 spiro atoms. The molecule has 1 fully saturated rings. The molecule has 2 aliphatic rings. The predicted octanol–water partition coefficient (Wildman–Crippen LogP) is 3.69. The maximum absolute atomic E-state index is 13.7. The van der Waals surface area contributed by atoms with E-state index in [1.165, 1.54) is 6.08 Å².